The first-order valence-corrected chi connectivity index (χ1v) is 8.15. The topological polar surface area (TPSA) is 89.8 Å². The van der Waals surface area contributed by atoms with Gasteiger partial charge in [-0.05, 0) is 50.7 Å². The van der Waals surface area contributed by atoms with Crippen molar-refractivity contribution >= 4 is 5.82 Å². The highest BCUT2D eigenvalue weighted by Gasteiger charge is 2.33. The number of aryl methyl sites for hydroxylation is 1. The summed E-state index contributed by atoms with van der Waals surface area (Å²) in [7, 11) is 1.87. The number of nitrogen functional groups attached to an aromatic ring is 1. The largest absolute Gasteiger partial charge is 0.383 e. The van der Waals surface area contributed by atoms with Gasteiger partial charge in [0.1, 0.15) is 11.9 Å². The monoisotopic (exact) mass is 325 g/mol. The highest BCUT2D eigenvalue weighted by Crippen LogP contribution is 2.41. The minimum Gasteiger partial charge on any atom is -0.383 e. The van der Waals surface area contributed by atoms with Crippen molar-refractivity contribution in [2.75, 3.05) is 12.3 Å². The molecule has 24 heavy (non-hydrogen) atoms. The Labute approximate surface area is 142 Å². The maximum absolute atomic E-state index is 9.63. The predicted molar refractivity (Wildman–Crippen MR) is 92.3 cm³/mol. The molecule has 1 aliphatic rings. The molecule has 6 heteroatoms. The second kappa shape index (κ2) is 5.91. The van der Waals surface area contributed by atoms with Gasteiger partial charge in [0, 0.05) is 25.4 Å². The van der Waals surface area contributed by atoms with Crippen molar-refractivity contribution in [3.8, 4) is 17.3 Å². The van der Waals surface area contributed by atoms with Gasteiger partial charge in [0.05, 0.1) is 23.1 Å². The Bertz CT molecular complexity index is 816. The summed E-state index contributed by atoms with van der Waals surface area (Å²) in [4.78, 5) is 4.49. The molecule has 0 bridgehead atoms. The van der Waals surface area contributed by atoms with Crippen LogP contribution < -0.4 is 5.73 Å². The van der Waals surface area contributed by atoms with Gasteiger partial charge in [0.2, 0.25) is 0 Å². The number of hydrogen-bond acceptors (Lipinski definition) is 5. The molecule has 126 valence electrons. The highest BCUT2D eigenvalue weighted by atomic mass is 16.5. The van der Waals surface area contributed by atoms with E-state index in [0.29, 0.717) is 18.0 Å². The van der Waals surface area contributed by atoms with Gasteiger partial charge in [-0.25, -0.2) is 4.98 Å². The molecule has 3 rings (SSSR count). The third-order valence-corrected chi connectivity index (χ3v) is 4.71. The van der Waals surface area contributed by atoms with Gasteiger partial charge >= 0.3 is 0 Å². The summed E-state index contributed by atoms with van der Waals surface area (Å²) in [6, 6.07) is 2.26. The Hall–Kier alpha value is -2.39. The van der Waals surface area contributed by atoms with Crippen LogP contribution in [0.1, 0.15) is 49.3 Å². The number of ether oxygens (including phenoxy) is 1. The number of aromatic nitrogens is 3. The molecule has 0 aliphatic carbocycles. The molecule has 6 nitrogen and oxygen atoms in total. The van der Waals surface area contributed by atoms with Crippen LogP contribution in [0.2, 0.25) is 0 Å². The van der Waals surface area contributed by atoms with E-state index in [1.54, 1.807) is 10.9 Å². The summed E-state index contributed by atoms with van der Waals surface area (Å²) < 4.78 is 7.57. The van der Waals surface area contributed by atoms with Crippen LogP contribution in [0.4, 0.5) is 5.82 Å². The van der Waals surface area contributed by atoms with Crippen LogP contribution in [0.5, 0.6) is 0 Å². The van der Waals surface area contributed by atoms with Gasteiger partial charge < -0.3 is 10.5 Å². The summed E-state index contributed by atoms with van der Waals surface area (Å²) in [6.07, 6.45) is 5.43. The molecular weight excluding hydrogens is 302 g/mol. The number of nitrogens with zero attached hydrogens (tertiary/aromatic N) is 4. The van der Waals surface area contributed by atoms with E-state index in [1.165, 1.54) is 0 Å². The van der Waals surface area contributed by atoms with Gasteiger partial charge in [0.25, 0.3) is 0 Å². The third kappa shape index (κ3) is 2.87. The van der Waals surface area contributed by atoms with Gasteiger partial charge in [0.15, 0.2) is 0 Å². The van der Waals surface area contributed by atoms with Crippen LogP contribution in [-0.4, -0.2) is 27.0 Å². The average molecular weight is 325 g/mol. The van der Waals surface area contributed by atoms with E-state index in [2.05, 4.69) is 30.0 Å². The lowest BCUT2D eigenvalue weighted by atomic mass is 9.79. The summed E-state index contributed by atoms with van der Waals surface area (Å²) in [6.45, 7) is 6.89. The van der Waals surface area contributed by atoms with E-state index in [4.69, 9.17) is 10.5 Å². The first kappa shape index (κ1) is 16.5. The van der Waals surface area contributed by atoms with E-state index in [1.807, 2.05) is 20.2 Å². The van der Waals surface area contributed by atoms with Crippen molar-refractivity contribution in [2.24, 2.45) is 7.05 Å². The van der Waals surface area contributed by atoms with Crippen molar-refractivity contribution < 1.29 is 4.74 Å². The van der Waals surface area contributed by atoms with E-state index < -0.39 is 0 Å². The van der Waals surface area contributed by atoms with Gasteiger partial charge in [-0.3, -0.25) is 4.68 Å². The third-order valence-electron chi connectivity index (χ3n) is 4.71. The molecule has 1 saturated heterocycles. The first-order valence-electron chi connectivity index (χ1n) is 8.15. The lowest BCUT2D eigenvalue weighted by Crippen LogP contribution is -2.33. The SMILES string of the molecule is Cc1c(-c2cnn(C)c2)nc(N)c(C#N)c1C1CCOC(C)(C)C1. The molecule has 2 aromatic rings. The molecule has 1 fully saturated rings. The minimum atomic E-state index is -0.200. The predicted octanol–water partition coefficient (Wildman–Crippen LogP) is 2.92. The maximum Gasteiger partial charge on any atom is 0.142 e. The number of pyridine rings is 1. The zero-order chi connectivity index (χ0) is 17.5. The number of nitrogens with two attached hydrogens (primary N) is 1. The van der Waals surface area contributed by atoms with E-state index in [0.717, 1.165) is 35.2 Å². The molecule has 1 atom stereocenters. The van der Waals surface area contributed by atoms with Crippen molar-refractivity contribution in [1.29, 1.82) is 5.26 Å². The maximum atomic E-state index is 9.63. The Morgan fingerprint density at radius 3 is 2.79 bits per heavy atom. The summed E-state index contributed by atoms with van der Waals surface area (Å²) in [5.41, 5.74) is 10.2. The van der Waals surface area contributed by atoms with Crippen LogP contribution in [0.15, 0.2) is 12.4 Å². The molecule has 1 aliphatic heterocycles. The molecule has 0 amide bonds. The molecule has 2 N–H and O–H groups in total. The van der Waals surface area contributed by atoms with Crippen molar-refractivity contribution in [3.05, 3.63) is 29.1 Å². The van der Waals surface area contributed by atoms with E-state index in [9.17, 15) is 5.26 Å². The summed E-state index contributed by atoms with van der Waals surface area (Å²) >= 11 is 0. The highest BCUT2D eigenvalue weighted by molar-refractivity contribution is 5.70. The molecule has 1 unspecified atom stereocenters. The zero-order valence-electron chi connectivity index (χ0n) is 14.6. The number of hydrogen-bond donors (Lipinski definition) is 1. The Morgan fingerprint density at radius 2 is 2.21 bits per heavy atom. The normalized spacial score (nSPS) is 19.9. The van der Waals surface area contributed by atoms with Gasteiger partial charge in [-0.1, -0.05) is 0 Å². The average Bonchev–Trinajstić information content (AvgIpc) is 2.94. The van der Waals surface area contributed by atoms with Gasteiger partial charge in [-0.2, -0.15) is 10.4 Å². The lowest BCUT2D eigenvalue weighted by molar-refractivity contribution is -0.0593. The zero-order valence-corrected chi connectivity index (χ0v) is 14.6. The van der Waals surface area contributed by atoms with Crippen LogP contribution in [0, 0.1) is 18.3 Å². The van der Waals surface area contributed by atoms with Crippen molar-refractivity contribution in [2.45, 2.75) is 45.1 Å². The smallest absolute Gasteiger partial charge is 0.142 e. The van der Waals surface area contributed by atoms with Crippen LogP contribution >= 0.6 is 0 Å². The molecule has 3 heterocycles. The number of rotatable bonds is 2. The quantitative estimate of drug-likeness (QED) is 0.917. The minimum absolute atomic E-state index is 0.200. The standard InChI is InChI=1S/C18H23N5O/c1-11-15(12-5-6-24-18(2,3)7-12)14(8-19)17(20)22-16(11)13-9-21-23(4)10-13/h9-10,12H,5-7H2,1-4H3,(H2,20,22). The van der Waals surface area contributed by atoms with Crippen molar-refractivity contribution in [1.82, 2.24) is 14.8 Å². The fourth-order valence-corrected chi connectivity index (χ4v) is 3.64. The van der Waals surface area contributed by atoms with E-state index in [-0.39, 0.29) is 11.5 Å². The lowest BCUT2D eigenvalue weighted by Gasteiger charge is -2.36. The Balaban J connectivity index is 2.17. The van der Waals surface area contributed by atoms with Crippen LogP contribution in [0.3, 0.4) is 0 Å². The molecule has 0 spiro atoms. The first-order chi connectivity index (χ1) is 11.3. The molecule has 2 aromatic heterocycles. The van der Waals surface area contributed by atoms with Crippen LogP contribution in [0.25, 0.3) is 11.3 Å². The summed E-state index contributed by atoms with van der Waals surface area (Å²) in [5.74, 6) is 0.533. The second-order valence-corrected chi connectivity index (χ2v) is 7.07. The fraction of sp³-hybridized carbons (Fsp3) is 0.500. The van der Waals surface area contributed by atoms with Gasteiger partial charge in [-0.15, -0.1) is 0 Å². The number of nitriles is 1. The summed E-state index contributed by atoms with van der Waals surface area (Å²) in [5, 5.41) is 13.9. The van der Waals surface area contributed by atoms with E-state index >= 15 is 0 Å². The molecule has 0 radical (unpaired) electrons. The molecule has 0 saturated carbocycles. The number of anilines is 1. The van der Waals surface area contributed by atoms with Crippen LogP contribution in [-0.2, 0) is 11.8 Å². The fourth-order valence-electron chi connectivity index (χ4n) is 3.64. The molecular formula is C18H23N5O. The Morgan fingerprint density at radius 1 is 1.46 bits per heavy atom. The van der Waals surface area contributed by atoms with Crippen molar-refractivity contribution in [3.63, 3.8) is 0 Å². The molecule has 0 aromatic carbocycles. The second-order valence-electron chi connectivity index (χ2n) is 7.07. The Kier molecular flexibility index (Phi) is 4.06.